The van der Waals surface area contributed by atoms with E-state index in [2.05, 4.69) is 10.5 Å². The number of ether oxygens (including phenoxy) is 1. The molecule has 4 nitrogen and oxygen atoms in total. The van der Waals surface area contributed by atoms with Crippen LogP contribution in [-0.2, 0) is 4.79 Å². The molecule has 0 saturated carbocycles. The van der Waals surface area contributed by atoms with Gasteiger partial charge in [0.1, 0.15) is 5.75 Å². The molecule has 0 aliphatic carbocycles. The standard InChI is InChI=1S/C23H20N2O2/c1-18-8-7-12-21(16-18)25-24-17-20-11-5-6-13-22(20)27-23(26)15-14-19-9-3-2-4-10-19/h2-17,25H,1H3. The molecule has 0 unspecified atom stereocenters. The number of aryl methyl sites for hydroxylation is 1. The number of hydrazone groups is 1. The van der Waals surface area contributed by atoms with Crippen LogP contribution in [0.25, 0.3) is 6.08 Å². The van der Waals surface area contributed by atoms with Crippen LogP contribution < -0.4 is 10.2 Å². The Morgan fingerprint density at radius 3 is 2.56 bits per heavy atom. The third kappa shape index (κ3) is 5.68. The average molecular weight is 356 g/mol. The minimum Gasteiger partial charge on any atom is -0.423 e. The van der Waals surface area contributed by atoms with Gasteiger partial charge in [-0.1, -0.05) is 54.6 Å². The largest absolute Gasteiger partial charge is 0.423 e. The highest BCUT2D eigenvalue weighted by atomic mass is 16.5. The maximum atomic E-state index is 12.1. The van der Waals surface area contributed by atoms with Gasteiger partial charge in [0.05, 0.1) is 11.9 Å². The number of esters is 1. The summed E-state index contributed by atoms with van der Waals surface area (Å²) in [4.78, 5) is 12.1. The van der Waals surface area contributed by atoms with E-state index in [9.17, 15) is 4.79 Å². The molecule has 3 rings (SSSR count). The zero-order valence-corrected chi connectivity index (χ0v) is 15.0. The third-order valence-electron chi connectivity index (χ3n) is 3.76. The van der Waals surface area contributed by atoms with Gasteiger partial charge in [-0.3, -0.25) is 5.43 Å². The predicted molar refractivity (Wildman–Crippen MR) is 110 cm³/mol. The van der Waals surface area contributed by atoms with Crippen LogP contribution in [0.1, 0.15) is 16.7 Å². The van der Waals surface area contributed by atoms with Crippen LogP contribution in [0.5, 0.6) is 5.75 Å². The molecule has 0 amide bonds. The fourth-order valence-corrected chi connectivity index (χ4v) is 2.44. The first kappa shape index (κ1) is 18.1. The van der Waals surface area contributed by atoms with Gasteiger partial charge in [0.15, 0.2) is 0 Å². The van der Waals surface area contributed by atoms with Crippen molar-refractivity contribution in [2.45, 2.75) is 6.92 Å². The summed E-state index contributed by atoms with van der Waals surface area (Å²) in [6.45, 7) is 2.02. The van der Waals surface area contributed by atoms with E-state index in [1.165, 1.54) is 6.08 Å². The molecule has 3 aromatic carbocycles. The molecule has 0 radical (unpaired) electrons. The fourth-order valence-electron chi connectivity index (χ4n) is 2.44. The number of anilines is 1. The second kappa shape index (κ2) is 9.15. The SMILES string of the molecule is Cc1cccc(NN=Cc2ccccc2OC(=O)C=Cc2ccccc2)c1. The summed E-state index contributed by atoms with van der Waals surface area (Å²) < 4.78 is 5.44. The summed E-state index contributed by atoms with van der Waals surface area (Å²) in [6, 6.07) is 24.8. The smallest absolute Gasteiger partial charge is 0.336 e. The summed E-state index contributed by atoms with van der Waals surface area (Å²) >= 11 is 0. The van der Waals surface area contributed by atoms with Crippen LogP contribution in [0.15, 0.2) is 90.0 Å². The van der Waals surface area contributed by atoms with E-state index >= 15 is 0 Å². The number of hydrogen-bond acceptors (Lipinski definition) is 4. The Bertz CT molecular complexity index is 963. The monoisotopic (exact) mass is 356 g/mol. The van der Waals surface area contributed by atoms with Gasteiger partial charge in [0.25, 0.3) is 0 Å². The van der Waals surface area contributed by atoms with Gasteiger partial charge in [0.2, 0.25) is 0 Å². The van der Waals surface area contributed by atoms with Crippen molar-refractivity contribution in [3.63, 3.8) is 0 Å². The van der Waals surface area contributed by atoms with Crippen molar-refractivity contribution in [1.82, 2.24) is 0 Å². The topological polar surface area (TPSA) is 50.7 Å². The van der Waals surface area contributed by atoms with Crippen molar-refractivity contribution in [2.75, 3.05) is 5.43 Å². The summed E-state index contributed by atoms with van der Waals surface area (Å²) in [5.74, 6) is 0.0151. The molecule has 27 heavy (non-hydrogen) atoms. The van der Waals surface area contributed by atoms with E-state index in [1.807, 2.05) is 79.7 Å². The Kier molecular flexibility index (Phi) is 6.15. The Morgan fingerprint density at radius 2 is 1.74 bits per heavy atom. The van der Waals surface area contributed by atoms with E-state index in [0.717, 1.165) is 16.8 Å². The fraction of sp³-hybridized carbons (Fsp3) is 0.0435. The van der Waals surface area contributed by atoms with Crippen LogP contribution in [0.2, 0.25) is 0 Å². The summed E-state index contributed by atoms with van der Waals surface area (Å²) in [7, 11) is 0. The Labute approximate surface area is 158 Å². The average Bonchev–Trinajstić information content (AvgIpc) is 2.69. The minimum absolute atomic E-state index is 0.439. The first-order chi connectivity index (χ1) is 13.2. The second-order valence-electron chi connectivity index (χ2n) is 5.94. The van der Waals surface area contributed by atoms with Gasteiger partial charge in [-0.05, 0) is 48.4 Å². The molecule has 0 aromatic heterocycles. The molecule has 4 heteroatoms. The Morgan fingerprint density at radius 1 is 0.963 bits per heavy atom. The zero-order valence-electron chi connectivity index (χ0n) is 15.0. The molecule has 0 spiro atoms. The molecular weight excluding hydrogens is 336 g/mol. The van der Waals surface area contributed by atoms with Crippen LogP contribution in [0, 0.1) is 6.92 Å². The molecule has 0 aliphatic rings. The lowest BCUT2D eigenvalue weighted by Gasteiger charge is -2.05. The molecule has 0 aliphatic heterocycles. The van der Waals surface area contributed by atoms with Crippen molar-refractivity contribution < 1.29 is 9.53 Å². The van der Waals surface area contributed by atoms with Gasteiger partial charge in [0, 0.05) is 11.6 Å². The number of carbonyl (C=O) groups excluding carboxylic acids is 1. The van der Waals surface area contributed by atoms with E-state index < -0.39 is 5.97 Å². The van der Waals surface area contributed by atoms with Crippen molar-refractivity contribution in [3.05, 3.63) is 102 Å². The number of carbonyl (C=O) groups is 1. The highest BCUT2D eigenvalue weighted by molar-refractivity contribution is 5.91. The van der Waals surface area contributed by atoms with E-state index in [4.69, 9.17) is 4.74 Å². The predicted octanol–water partition coefficient (Wildman–Crippen LogP) is 5.06. The highest BCUT2D eigenvalue weighted by Crippen LogP contribution is 2.17. The molecule has 134 valence electrons. The summed E-state index contributed by atoms with van der Waals surface area (Å²) in [5, 5.41) is 4.23. The molecular formula is C23H20N2O2. The maximum Gasteiger partial charge on any atom is 0.336 e. The summed E-state index contributed by atoms with van der Waals surface area (Å²) in [6.07, 6.45) is 4.76. The number of nitrogens with one attached hydrogen (secondary N) is 1. The summed E-state index contributed by atoms with van der Waals surface area (Å²) in [5.41, 5.74) is 6.66. The van der Waals surface area contributed by atoms with Crippen molar-refractivity contribution in [1.29, 1.82) is 0 Å². The molecule has 0 saturated heterocycles. The quantitative estimate of drug-likeness (QED) is 0.221. The normalized spacial score (nSPS) is 11.0. The molecule has 1 N–H and O–H groups in total. The van der Waals surface area contributed by atoms with Crippen molar-refractivity contribution >= 4 is 23.9 Å². The van der Waals surface area contributed by atoms with Gasteiger partial charge < -0.3 is 4.74 Å². The maximum absolute atomic E-state index is 12.1. The first-order valence-corrected chi connectivity index (χ1v) is 8.60. The van der Waals surface area contributed by atoms with Gasteiger partial charge >= 0.3 is 5.97 Å². The second-order valence-corrected chi connectivity index (χ2v) is 5.94. The number of benzene rings is 3. The van der Waals surface area contributed by atoms with E-state index in [0.29, 0.717) is 11.3 Å². The first-order valence-electron chi connectivity index (χ1n) is 8.60. The lowest BCUT2D eigenvalue weighted by molar-refractivity contribution is -0.128. The number of nitrogens with zero attached hydrogens (tertiary/aromatic N) is 1. The van der Waals surface area contributed by atoms with Gasteiger partial charge in [-0.2, -0.15) is 5.10 Å². The Balaban J connectivity index is 1.65. The van der Waals surface area contributed by atoms with Gasteiger partial charge in [-0.25, -0.2) is 4.79 Å². The van der Waals surface area contributed by atoms with Crippen LogP contribution >= 0.6 is 0 Å². The molecule has 0 atom stereocenters. The number of para-hydroxylation sites is 1. The molecule has 3 aromatic rings. The number of hydrogen-bond donors (Lipinski definition) is 1. The zero-order chi connectivity index (χ0) is 18.9. The third-order valence-corrected chi connectivity index (χ3v) is 3.76. The van der Waals surface area contributed by atoms with Crippen LogP contribution in [0.4, 0.5) is 5.69 Å². The molecule has 0 heterocycles. The number of rotatable bonds is 6. The lowest BCUT2D eigenvalue weighted by Crippen LogP contribution is -2.05. The minimum atomic E-state index is -0.439. The van der Waals surface area contributed by atoms with Crippen molar-refractivity contribution in [2.24, 2.45) is 5.10 Å². The highest BCUT2D eigenvalue weighted by Gasteiger charge is 2.05. The van der Waals surface area contributed by atoms with Crippen LogP contribution in [-0.4, -0.2) is 12.2 Å². The van der Waals surface area contributed by atoms with Crippen molar-refractivity contribution in [3.8, 4) is 5.75 Å². The van der Waals surface area contributed by atoms with E-state index in [1.54, 1.807) is 18.4 Å². The molecule has 0 bridgehead atoms. The Hall–Kier alpha value is -3.66. The van der Waals surface area contributed by atoms with E-state index in [-0.39, 0.29) is 0 Å². The molecule has 0 fully saturated rings. The lowest BCUT2D eigenvalue weighted by atomic mass is 10.2. The van der Waals surface area contributed by atoms with Crippen LogP contribution in [0.3, 0.4) is 0 Å². The van der Waals surface area contributed by atoms with Gasteiger partial charge in [-0.15, -0.1) is 0 Å².